The van der Waals surface area contributed by atoms with Crippen LogP contribution < -0.4 is 0 Å². The molecule has 0 aromatic carbocycles. The van der Waals surface area contributed by atoms with Crippen LogP contribution in [0.5, 0.6) is 0 Å². The normalized spacial score (nSPS) is 21.1. The van der Waals surface area contributed by atoms with Crippen molar-refractivity contribution in [2.75, 3.05) is 0 Å². The van der Waals surface area contributed by atoms with E-state index in [1.165, 1.54) is 57.8 Å². The molecule has 1 aliphatic rings. The van der Waals surface area contributed by atoms with Crippen molar-refractivity contribution in [3.05, 3.63) is 0 Å². The molecule has 0 spiro atoms. The summed E-state index contributed by atoms with van der Waals surface area (Å²) in [7, 11) is 0. The van der Waals surface area contributed by atoms with Crippen LogP contribution in [0.25, 0.3) is 0 Å². The fourth-order valence-corrected chi connectivity index (χ4v) is 2.51. The van der Waals surface area contributed by atoms with Gasteiger partial charge < -0.3 is 5.11 Å². The summed E-state index contributed by atoms with van der Waals surface area (Å²) in [6.07, 6.45) is 13.3. The topological polar surface area (TPSA) is 37.3 Å². The average Bonchev–Trinajstić information content (AvgIpc) is 2.23. The Balaban J connectivity index is 2.22. The van der Waals surface area contributed by atoms with Crippen molar-refractivity contribution in [3.63, 3.8) is 0 Å². The molecule has 1 aliphatic carbocycles. The molecule has 0 bridgehead atoms. The lowest BCUT2D eigenvalue weighted by molar-refractivity contribution is -0.137. The van der Waals surface area contributed by atoms with Gasteiger partial charge in [0.15, 0.2) is 0 Å². The fourth-order valence-electron chi connectivity index (χ4n) is 2.51. The van der Waals surface area contributed by atoms with Gasteiger partial charge in [-0.15, -0.1) is 0 Å². The standard InChI is InChI=1S/C13H24O2/c14-13(15)11-10-12-8-6-4-2-1-3-5-7-9-12/h12H,1-11H2,(H,14,15). The van der Waals surface area contributed by atoms with Gasteiger partial charge in [0.25, 0.3) is 0 Å². The van der Waals surface area contributed by atoms with E-state index in [0.29, 0.717) is 12.3 Å². The summed E-state index contributed by atoms with van der Waals surface area (Å²) in [5.41, 5.74) is 0. The maximum absolute atomic E-state index is 10.5. The molecule has 15 heavy (non-hydrogen) atoms. The summed E-state index contributed by atoms with van der Waals surface area (Å²) in [5, 5.41) is 8.67. The van der Waals surface area contributed by atoms with Crippen LogP contribution in [0.15, 0.2) is 0 Å². The lowest BCUT2D eigenvalue weighted by Gasteiger charge is -2.17. The summed E-state index contributed by atoms with van der Waals surface area (Å²) >= 11 is 0. The zero-order valence-corrected chi connectivity index (χ0v) is 9.71. The van der Waals surface area contributed by atoms with Gasteiger partial charge in [0.05, 0.1) is 0 Å². The molecule has 0 saturated heterocycles. The number of hydrogen-bond donors (Lipinski definition) is 1. The Morgan fingerprint density at radius 1 is 0.933 bits per heavy atom. The Hall–Kier alpha value is -0.530. The third-order valence-electron chi connectivity index (χ3n) is 3.49. The first-order valence-corrected chi connectivity index (χ1v) is 6.51. The number of carboxylic acid groups (broad SMARTS) is 1. The predicted octanol–water partition coefficient (Wildman–Crippen LogP) is 3.99. The van der Waals surface area contributed by atoms with Crippen LogP contribution in [0, 0.1) is 5.92 Å². The van der Waals surface area contributed by atoms with E-state index in [-0.39, 0.29) is 0 Å². The molecule has 0 aromatic heterocycles. The summed E-state index contributed by atoms with van der Waals surface area (Å²) in [6, 6.07) is 0. The molecule has 0 atom stereocenters. The molecule has 2 heteroatoms. The van der Waals surface area contributed by atoms with Crippen molar-refractivity contribution in [1.29, 1.82) is 0 Å². The Morgan fingerprint density at radius 3 is 1.87 bits per heavy atom. The van der Waals surface area contributed by atoms with E-state index < -0.39 is 5.97 Å². The van der Waals surface area contributed by atoms with Crippen molar-refractivity contribution < 1.29 is 9.90 Å². The van der Waals surface area contributed by atoms with Gasteiger partial charge in [-0.3, -0.25) is 4.79 Å². The molecule has 0 heterocycles. The Morgan fingerprint density at radius 2 is 1.40 bits per heavy atom. The second-order valence-corrected chi connectivity index (χ2v) is 4.85. The van der Waals surface area contributed by atoms with Crippen molar-refractivity contribution >= 4 is 5.97 Å². The number of carbonyl (C=O) groups is 1. The van der Waals surface area contributed by atoms with Gasteiger partial charge in [-0.05, 0) is 12.3 Å². The molecular formula is C13H24O2. The summed E-state index contributed by atoms with van der Waals surface area (Å²) in [6.45, 7) is 0. The van der Waals surface area contributed by atoms with Crippen LogP contribution in [0.4, 0.5) is 0 Å². The maximum atomic E-state index is 10.5. The lowest BCUT2D eigenvalue weighted by Crippen LogP contribution is -2.06. The first-order chi connectivity index (χ1) is 7.29. The highest BCUT2D eigenvalue weighted by molar-refractivity contribution is 5.66. The minimum atomic E-state index is -0.632. The Kier molecular flexibility index (Phi) is 6.45. The zero-order valence-electron chi connectivity index (χ0n) is 9.71. The monoisotopic (exact) mass is 212 g/mol. The third-order valence-corrected chi connectivity index (χ3v) is 3.49. The first-order valence-electron chi connectivity index (χ1n) is 6.51. The largest absolute Gasteiger partial charge is 0.481 e. The van der Waals surface area contributed by atoms with E-state index in [1.807, 2.05) is 0 Å². The second kappa shape index (κ2) is 7.72. The van der Waals surface area contributed by atoms with Gasteiger partial charge in [0.2, 0.25) is 0 Å². The van der Waals surface area contributed by atoms with Crippen molar-refractivity contribution in [1.82, 2.24) is 0 Å². The second-order valence-electron chi connectivity index (χ2n) is 4.85. The number of rotatable bonds is 3. The van der Waals surface area contributed by atoms with E-state index in [9.17, 15) is 4.79 Å². The molecule has 0 aromatic rings. The maximum Gasteiger partial charge on any atom is 0.303 e. The van der Waals surface area contributed by atoms with E-state index in [1.54, 1.807) is 0 Å². The Labute approximate surface area is 93.1 Å². The average molecular weight is 212 g/mol. The van der Waals surface area contributed by atoms with Gasteiger partial charge in [-0.1, -0.05) is 57.8 Å². The van der Waals surface area contributed by atoms with Crippen LogP contribution in [0.1, 0.15) is 70.6 Å². The van der Waals surface area contributed by atoms with Crippen LogP contribution in [-0.4, -0.2) is 11.1 Å². The van der Waals surface area contributed by atoms with E-state index >= 15 is 0 Å². The van der Waals surface area contributed by atoms with Crippen molar-refractivity contribution in [3.8, 4) is 0 Å². The highest BCUT2D eigenvalue weighted by Gasteiger charge is 2.11. The van der Waals surface area contributed by atoms with Gasteiger partial charge in [-0.2, -0.15) is 0 Å². The van der Waals surface area contributed by atoms with Crippen LogP contribution in [0.2, 0.25) is 0 Å². The molecule has 1 saturated carbocycles. The SMILES string of the molecule is O=C(O)CCC1CCCCCCCCC1. The molecule has 1 rings (SSSR count). The van der Waals surface area contributed by atoms with Gasteiger partial charge in [0, 0.05) is 6.42 Å². The van der Waals surface area contributed by atoms with Gasteiger partial charge >= 0.3 is 5.97 Å². The van der Waals surface area contributed by atoms with Gasteiger partial charge in [-0.25, -0.2) is 0 Å². The summed E-state index contributed by atoms with van der Waals surface area (Å²) in [4.78, 5) is 10.5. The number of carboxylic acids is 1. The lowest BCUT2D eigenvalue weighted by atomic mass is 9.89. The minimum absolute atomic E-state index is 0.366. The highest BCUT2D eigenvalue weighted by atomic mass is 16.4. The van der Waals surface area contributed by atoms with Crippen LogP contribution >= 0.6 is 0 Å². The third kappa shape index (κ3) is 6.53. The number of aliphatic carboxylic acids is 1. The summed E-state index contributed by atoms with van der Waals surface area (Å²) < 4.78 is 0. The molecule has 0 amide bonds. The van der Waals surface area contributed by atoms with Gasteiger partial charge in [0.1, 0.15) is 0 Å². The summed E-state index contributed by atoms with van der Waals surface area (Å²) in [5.74, 6) is 0.0475. The van der Waals surface area contributed by atoms with Crippen molar-refractivity contribution in [2.45, 2.75) is 70.6 Å². The number of hydrogen-bond acceptors (Lipinski definition) is 1. The predicted molar refractivity (Wildman–Crippen MR) is 61.9 cm³/mol. The Bertz CT molecular complexity index is 167. The van der Waals surface area contributed by atoms with Crippen molar-refractivity contribution in [2.24, 2.45) is 5.92 Å². The minimum Gasteiger partial charge on any atom is -0.481 e. The zero-order chi connectivity index (χ0) is 10.9. The highest BCUT2D eigenvalue weighted by Crippen LogP contribution is 2.24. The first kappa shape index (κ1) is 12.5. The van der Waals surface area contributed by atoms with Crippen LogP contribution in [0.3, 0.4) is 0 Å². The molecular weight excluding hydrogens is 188 g/mol. The van der Waals surface area contributed by atoms with E-state index in [0.717, 1.165) is 6.42 Å². The molecule has 0 radical (unpaired) electrons. The van der Waals surface area contributed by atoms with Crippen LogP contribution in [-0.2, 0) is 4.79 Å². The molecule has 0 unspecified atom stereocenters. The molecule has 1 fully saturated rings. The molecule has 1 N–H and O–H groups in total. The quantitative estimate of drug-likeness (QED) is 0.768. The molecule has 88 valence electrons. The smallest absolute Gasteiger partial charge is 0.303 e. The molecule has 2 nitrogen and oxygen atoms in total. The van der Waals surface area contributed by atoms with E-state index in [4.69, 9.17) is 5.11 Å². The van der Waals surface area contributed by atoms with E-state index in [2.05, 4.69) is 0 Å². The fraction of sp³-hybridized carbons (Fsp3) is 0.923. The molecule has 0 aliphatic heterocycles.